The van der Waals surface area contributed by atoms with Gasteiger partial charge in [0.05, 0.1) is 6.10 Å². The van der Waals surface area contributed by atoms with Crippen molar-refractivity contribution in [2.24, 2.45) is 11.7 Å². The molecule has 2 atom stereocenters. The summed E-state index contributed by atoms with van der Waals surface area (Å²) < 4.78 is 5.85. The summed E-state index contributed by atoms with van der Waals surface area (Å²) in [6, 6.07) is 0. The number of rotatable bonds is 7. The quantitative estimate of drug-likeness (QED) is 0.710. The molecule has 1 saturated carbocycles. The normalized spacial score (nSPS) is 20.2. The Hall–Kier alpha value is -0.610. The van der Waals surface area contributed by atoms with Crippen LogP contribution in [0.25, 0.3) is 0 Å². The largest absolute Gasteiger partial charge is 0.365 e. The van der Waals surface area contributed by atoms with Crippen LogP contribution < -0.4 is 11.1 Å². The molecule has 3 N–H and O–H groups in total. The van der Waals surface area contributed by atoms with Crippen LogP contribution in [0.1, 0.15) is 46.0 Å². The monoisotopic (exact) mass is 242 g/mol. The van der Waals surface area contributed by atoms with Gasteiger partial charge in [-0.25, -0.2) is 0 Å². The molecule has 0 bridgehead atoms. The first-order valence-electron chi connectivity index (χ1n) is 6.80. The van der Waals surface area contributed by atoms with Gasteiger partial charge in [-0.3, -0.25) is 4.79 Å². The lowest BCUT2D eigenvalue weighted by Crippen LogP contribution is -2.40. The van der Waals surface area contributed by atoms with E-state index in [4.69, 9.17) is 10.5 Å². The molecule has 1 aliphatic rings. The molecule has 0 heterocycles. The van der Waals surface area contributed by atoms with Crippen LogP contribution in [0.15, 0.2) is 0 Å². The summed E-state index contributed by atoms with van der Waals surface area (Å²) in [4.78, 5) is 11.9. The fourth-order valence-electron chi connectivity index (χ4n) is 2.07. The van der Waals surface area contributed by atoms with Gasteiger partial charge in [-0.15, -0.1) is 0 Å². The summed E-state index contributed by atoms with van der Waals surface area (Å²) in [6.45, 7) is 5.25. The Morgan fingerprint density at radius 3 is 2.65 bits per heavy atom. The van der Waals surface area contributed by atoms with E-state index in [1.54, 1.807) is 0 Å². The molecule has 0 spiro atoms. The van der Waals surface area contributed by atoms with Crippen LogP contribution in [0, 0.1) is 5.92 Å². The van der Waals surface area contributed by atoms with Crippen molar-refractivity contribution >= 4 is 5.91 Å². The minimum atomic E-state index is -0.289. The Morgan fingerprint density at radius 2 is 2.12 bits per heavy atom. The molecule has 0 saturated heterocycles. The van der Waals surface area contributed by atoms with Crippen molar-refractivity contribution in [3.05, 3.63) is 0 Å². The van der Waals surface area contributed by atoms with Crippen molar-refractivity contribution < 1.29 is 9.53 Å². The number of ether oxygens (including phenoxy) is 1. The summed E-state index contributed by atoms with van der Waals surface area (Å²) in [5.74, 6) is 0.336. The average Bonchev–Trinajstić information content (AvgIpc) is 2.85. The molecular formula is C13H26N2O2. The van der Waals surface area contributed by atoms with Gasteiger partial charge in [-0.05, 0) is 31.7 Å². The first-order valence-corrected chi connectivity index (χ1v) is 6.80. The zero-order valence-electron chi connectivity index (χ0n) is 11.1. The highest BCUT2D eigenvalue weighted by atomic mass is 16.5. The third-order valence-electron chi connectivity index (χ3n) is 3.35. The number of amides is 1. The lowest BCUT2D eigenvalue weighted by Gasteiger charge is -2.21. The molecule has 0 aliphatic heterocycles. The van der Waals surface area contributed by atoms with Crippen molar-refractivity contribution in [3.8, 4) is 0 Å². The van der Waals surface area contributed by atoms with Gasteiger partial charge in [0, 0.05) is 6.54 Å². The molecule has 1 rings (SSSR count). The van der Waals surface area contributed by atoms with Crippen molar-refractivity contribution in [2.45, 2.75) is 58.2 Å². The Morgan fingerprint density at radius 1 is 1.47 bits per heavy atom. The van der Waals surface area contributed by atoms with Crippen molar-refractivity contribution in [1.29, 1.82) is 0 Å². The molecule has 17 heavy (non-hydrogen) atoms. The molecule has 1 aliphatic carbocycles. The second-order valence-corrected chi connectivity index (χ2v) is 5.03. The minimum absolute atomic E-state index is 0.0136. The van der Waals surface area contributed by atoms with Crippen LogP contribution in [-0.2, 0) is 9.53 Å². The topological polar surface area (TPSA) is 64.3 Å². The third-order valence-corrected chi connectivity index (χ3v) is 3.35. The molecule has 0 radical (unpaired) electrons. The summed E-state index contributed by atoms with van der Waals surface area (Å²) in [5, 5.41) is 2.91. The Labute approximate surface area is 104 Å². The maximum absolute atomic E-state index is 11.9. The SMILES string of the molecule is CCC(OC1CCCC1)C(=O)NCC(C)CN. The van der Waals surface area contributed by atoms with Crippen molar-refractivity contribution in [1.82, 2.24) is 5.32 Å². The van der Waals surface area contributed by atoms with Crippen molar-refractivity contribution in [2.75, 3.05) is 13.1 Å². The standard InChI is InChI=1S/C13H26N2O2/c1-3-12(17-11-6-4-5-7-11)13(16)15-9-10(2)8-14/h10-12H,3-9,14H2,1-2H3,(H,15,16). The van der Waals surface area contributed by atoms with Crippen LogP contribution in [-0.4, -0.2) is 31.2 Å². The first kappa shape index (κ1) is 14.5. The molecule has 0 aromatic heterocycles. The summed E-state index contributed by atoms with van der Waals surface area (Å²) >= 11 is 0. The molecule has 0 aromatic rings. The van der Waals surface area contributed by atoms with E-state index >= 15 is 0 Å². The van der Waals surface area contributed by atoms with E-state index in [0.717, 1.165) is 19.3 Å². The van der Waals surface area contributed by atoms with Gasteiger partial charge >= 0.3 is 0 Å². The maximum atomic E-state index is 11.9. The number of hydrogen-bond acceptors (Lipinski definition) is 3. The van der Waals surface area contributed by atoms with Gasteiger partial charge in [-0.2, -0.15) is 0 Å². The van der Waals surface area contributed by atoms with Crippen LogP contribution >= 0.6 is 0 Å². The number of nitrogens with two attached hydrogens (primary N) is 1. The highest BCUT2D eigenvalue weighted by Gasteiger charge is 2.24. The number of nitrogens with one attached hydrogen (secondary N) is 1. The van der Waals surface area contributed by atoms with E-state index in [0.29, 0.717) is 19.0 Å². The fraction of sp³-hybridized carbons (Fsp3) is 0.923. The number of hydrogen-bond donors (Lipinski definition) is 2. The smallest absolute Gasteiger partial charge is 0.249 e. The van der Waals surface area contributed by atoms with Gasteiger partial charge in [0.25, 0.3) is 0 Å². The second kappa shape index (κ2) is 7.67. The molecule has 1 amide bonds. The van der Waals surface area contributed by atoms with E-state index in [9.17, 15) is 4.79 Å². The third kappa shape index (κ3) is 5.04. The highest BCUT2D eigenvalue weighted by molar-refractivity contribution is 5.80. The maximum Gasteiger partial charge on any atom is 0.249 e. The minimum Gasteiger partial charge on any atom is -0.365 e. The molecular weight excluding hydrogens is 216 g/mol. The van der Waals surface area contributed by atoms with Crippen molar-refractivity contribution in [3.63, 3.8) is 0 Å². The molecule has 100 valence electrons. The predicted molar refractivity (Wildman–Crippen MR) is 68.6 cm³/mol. The Balaban J connectivity index is 2.29. The molecule has 0 aromatic carbocycles. The van der Waals surface area contributed by atoms with E-state index in [1.807, 2.05) is 13.8 Å². The van der Waals surface area contributed by atoms with E-state index < -0.39 is 0 Å². The van der Waals surface area contributed by atoms with Gasteiger partial charge < -0.3 is 15.8 Å². The molecule has 2 unspecified atom stereocenters. The van der Waals surface area contributed by atoms with Gasteiger partial charge in [0.15, 0.2) is 0 Å². The number of carbonyl (C=O) groups is 1. The highest BCUT2D eigenvalue weighted by Crippen LogP contribution is 2.22. The number of carbonyl (C=O) groups excluding carboxylic acids is 1. The molecule has 4 nitrogen and oxygen atoms in total. The Bertz CT molecular complexity index is 227. The summed E-state index contributed by atoms with van der Waals surface area (Å²) in [6.07, 6.45) is 5.39. The van der Waals surface area contributed by atoms with Crippen LogP contribution in [0.4, 0.5) is 0 Å². The van der Waals surface area contributed by atoms with Crippen LogP contribution in [0.3, 0.4) is 0 Å². The summed E-state index contributed by atoms with van der Waals surface area (Å²) in [7, 11) is 0. The molecule has 4 heteroatoms. The lowest BCUT2D eigenvalue weighted by molar-refractivity contribution is -0.136. The molecule has 1 fully saturated rings. The van der Waals surface area contributed by atoms with Gasteiger partial charge in [0.2, 0.25) is 5.91 Å². The summed E-state index contributed by atoms with van der Waals surface area (Å²) in [5.41, 5.74) is 5.52. The van der Waals surface area contributed by atoms with Gasteiger partial charge in [-0.1, -0.05) is 26.7 Å². The lowest BCUT2D eigenvalue weighted by atomic mass is 10.1. The Kier molecular flexibility index (Phi) is 6.52. The average molecular weight is 242 g/mol. The van der Waals surface area contributed by atoms with E-state index in [-0.39, 0.29) is 18.1 Å². The first-order chi connectivity index (χ1) is 8.17. The van der Waals surface area contributed by atoms with E-state index in [1.165, 1.54) is 12.8 Å². The van der Waals surface area contributed by atoms with E-state index in [2.05, 4.69) is 5.32 Å². The zero-order chi connectivity index (χ0) is 12.7. The predicted octanol–water partition coefficient (Wildman–Crippen LogP) is 1.44. The van der Waals surface area contributed by atoms with Gasteiger partial charge in [0.1, 0.15) is 6.10 Å². The van der Waals surface area contributed by atoms with Crippen LogP contribution in [0.2, 0.25) is 0 Å². The fourth-order valence-corrected chi connectivity index (χ4v) is 2.07. The zero-order valence-corrected chi connectivity index (χ0v) is 11.1. The second-order valence-electron chi connectivity index (χ2n) is 5.03. The van der Waals surface area contributed by atoms with Crippen LogP contribution in [0.5, 0.6) is 0 Å².